The van der Waals surface area contributed by atoms with Crippen molar-refractivity contribution in [1.29, 1.82) is 0 Å². The number of rotatable bonds is 8. The topological polar surface area (TPSA) is 81.2 Å². The molecule has 280 valence electrons. The summed E-state index contributed by atoms with van der Waals surface area (Å²) in [6.07, 6.45) is 17.4. The molecule has 0 aromatic rings. The first kappa shape index (κ1) is 43.9. The van der Waals surface area contributed by atoms with Crippen molar-refractivity contribution in [3.8, 4) is 0 Å². The zero-order valence-corrected chi connectivity index (χ0v) is 32.7. The van der Waals surface area contributed by atoms with E-state index in [1.807, 2.05) is 47.3 Å². The standard InChI is InChI=1S/4C10H19NO/c4*1-3-9-5-7-11(8-6-9)10(12)4-2/h4*9H,3-8H2,1-2H3. The summed E-state index contributed by atoms with van der Waals surface area (Å²) in [4.78, 5) is 53.2. The molecule has 0 unspecified atom stereocenters. The van der Waals surface area contributed by atoms with Gasteiger partial charge in [-0.3, -0.25) is 19.2 Å². The molecule has 0 aromatic heterocycles. The van der Waals surface area contributed by atoms with Gasteiger partial charge < -0.3 is 19.6 Å². The van der Waals surface area contributed by atoms with E-state index in [0.717, 1.165) is 76.0 Å². The molecule has 4 fully saturated rings. The van der Waals surface area contributed by atoms with Crippen LogP contribution in [0.1, 0.15) is 158 Å². The Balaban J connectivity index is 0.000000320. The fourth-order valence-corrected chi connectivity index (χ4v) is 7.26. The Labute approximate surface area is 296 Å². The van der Waals surface area contributed by atoms with Gasteiger partial charge in [0, 0.05) is 78.0 Å². The maximum absolute atomic E-state index is 11.3. The predicted octanol–water partition coefficient (Wildman–Crippen LogP) is 8.18. The van der Waals surface area contributed by atoms with Crippen molar-refractivity contribution < 1.29 is 19.2 Å². The molecule has 8 heteroatoms. The van der Waals surface area contributed by atoms with Crippen LogP contribution in [-0.4, -0.2) is 95.6 Å². The highest BCUT2D eigenvalue weighted by Gasteiger charge is 2.23. The SMILES string of the molecule is CCC(=O)N1CCC(CC)CC1.CCC(=O)N1CCC(CC)CC1.CCC(=O)N1CCC(CC)CC1.CCC(=O)N1CCC(CC)CC1. The molecule has 0 saturated carbocycles. The maximum Gasteiger partial charge on any atom is 0.222 e. The average molecular weight is 677 g/mol. The third kappa shape index (κ3) is 16.5. The molecule has 4 rings (SSSR count). The summed E-state index contributed by atoms with van der Waals surface area (Å²) in [6.45, 7) is 24.6. The Morgan fingerprint density at radius 3 is 0.583 bits per heavy atom. The Morgan fingerprint density at radius 2 is 0.479 bits per heavy atom. The first-order chi connectivity index (χ1) is 23.1. The summed E-state index contributed by atoms with van der Waals surface area (Å²) in [5.41, 5.74) is 0. The molecule has 4 amide bonds. The van der Waals surface area contributed by atoms with E-state index in [0.29, 0.717) is 49.3 Å². The van der Waals surface area contributed by atoms with E-state index in [1.165, 1.54) is 77.0 Å². The Kier molecular flexibility index (Phi) is 23.6. The minimum absolute atomic E-state index is 0.324. The first-order valence-electron chi connectivity index (χ1n) is 20.2. The monoisotopic (exact) mass is 677 g/mol. The average Bonchev–Trinajstić information content (AvgIpc) is 3.17. The minimum atomic E-state index is 0.324. The normalized spacial score (nSPS) is 19.7. The van der Waals surface area contributed by atoms with Crippen LogP contribution in [-0.2, 0) is 19.2 Å². The summed E-state index contributed by atoms with van der Waals surface area (Å²) in [6, 6.07) is 0. The molecule has 48 heavy (non-hydrogen) atoms. The van der Waals surface area contributed by atoms with Crippen LogP contribution in [0.4, 0.5) is 0 Å². The van der Waals surface area contributed by atoms with Crippen molar-refractivity contribution in [2.75, 3.05) is 52.4 Å². The van der Waals surface area contributed by atoms with Gasteiger partial charge in [-0.05, 0) is 75.0 Å². The number of carbonyl (C=O) groups is 4. The van der Waals surface area contributed by atoms with Crippen molar-refractivity contribution in [3.05, 3.63) is 0 Å². The number of likely N-dealkylation sites (tertiary alicyclic amines) is 4. The molecule has 4 aliphatic rings. The summed E-state index contributed by atoms with van der Waals surface area (Å²) >= 11 is 0. The van der Waals surface area contributed by atoms with Gasteiger partial charge in [0.25, 0.3) is 0 Å². The molecule has 0 aromatic carbocycles. The number of piperidine rings is 4. The lowest BCUT2D eigenvalue weighted by atomic mass is 9.94. The minimum Gasteiger partial charge on any atom is -0.343 e. The summed E-state index contributed by atoms with van der Waals surface area (Å²) in [7, 11) is 0. The molecule has 8 nitrogen and oxygen atoms in total. The zero-order chi connectivity index (χ0) is 35.9. The molecule has 4 saturated heterocycles. The van der Waals surface area contributed by atoms with Crippen molar-refractivity contribution in [3.63, 3.8) is 0 Å². The van der Waals surface area contributed by atoms with Gasteiger partial charge in [0.15, 0.2) is 0 Å². The van der Waals surface area contributed by atoms with Gasteiger partial charge in [-0.15, -0.1) is 0 Å². The van der Waals surface area contributed by atoms with Gasteiger partial charge >= 0.3 is 0 Å². The number of hydrogen-bond acceptors (Lipinski definition) is 4. The molecule has 4 heterocycles. The van der Waals surface area contributed by atoms with E-state index >= 15 is 0 Å². The molecule has 0 bridgehead atoms. The Bertz CT molecular complexity index is 736. The third-order valence-electron chi connectivity index (χ3n) is 11.4. The lowest BCUT2D eigenvalue weighted by Gasteiger charge is -2.31. The predicted molar refractivity (Wildman–Crippen MR) is 200 cm³/mol. The lowest BCUT2D eigenvalue weighted by Crippen LogP contribution is -2.37. The van der Waals surface area contributed by atoms with E-state index in [9.17, 15) is 19.2 Å². The van der Waals surface area contributed by atoms with E-state index in [4.69, 9.17) is 0 Å². The van der Waals surface area contributed by atoms with Gasteiger partial charge in [-0.25, -0.2) is 0 Å². The highest BCUT2D eigenvalue weighted by Crippen LogP contribution is 2.22. The van der Waals surface area contributed by atoms with E-state index in [2.05, 4.69) is 27.7 Å². The Morgan fingerprint density at radius 1 is 0.333 bits per heavy atom. The summed E-state index contributed by atoms with van der Waals surface area (Å²) < 4.78 is 0. The van der Waals surface area contributed by atoms with E-state index in [1.54, 1.807) is 0 Å². The van der Waals surface area contributed by atoms with Gasteiger partial charge in [0.05, 0.1) is 0 Å². The van der Waals surface area contributed by atoms with Crippen LogP contribution in [0.15, 0.2) is 0 Å². The van der Waals surface area contributed by atoms with Gasteiger partial charge in [0.2, 0.25) is 23.6 Å². The summed E-state index contributed by atoms with van der Waals surface area (Å²) in [5, 5.41) is 0. The highest BCUT2D eigenvalue weighted by molar-refractivity contribution is 5.77. The number of amides is 4. The van der Waals surface area contributed by atoms with Crippen LogP contribution in [0, 0.1) is 23.7 Å². The molecule has 0 atom stereocenters. The van der Waals surface area contributed by atoms with Crippen LogP contribution >= 0.6 is 0 Å². The fraction of sp³-hybridized carbons (Fsp3) is 0.900. The third-order valence-corrected chi connectivity index (χ3v) is 11.4. The Hall–Kier alpha value is -2.12. The second kappa shape index (κ2) is 25.8. The molecule has 0 spiro atoms. The van der Waals surface area contributed by atoms with Crippen molar-refractivity contribution in [2.24, 2.45) is 23.7 Å². The number of nitrogens with zero attached hydrogens (tertiary/aromatic N) is 4. The number of carbonyl (C=O) groups excluding carboxylic acids is 4. The van der Waals surface area contributed by atoms with Crippen LogP contribution in [0.25, 0.3) is 0 Å². The quantitative estimate of drug-likeness (QED) is 0.260. The van der Waals surface area contributed by atoms with Crippen LogP contribution in [0.5, 0.6) is 0 Å². The van der Waals surface area contributed by atoms with Gasteiger partial charge in [-0.1, -0.05) is 81.1 Å². The molecule has 0 aliphatic carbocycles. The lowest BCUT2D eigenvalue weighted by molar-refractivity contribution is -0.133. The second-order valence-electron chi connectivity index (χ2n) is 14.3. The summed E-state index contributed by atoms with van der Waals surface area (Å²) in [5.74, 6) is 4.76. The maximum atomic E-state index is 11.3. The van der Waals surface area contributed by atoms with Crippen LogP contribution < -0.4 is 0 Å². The van der Waals surface area contributed by atoms with Crippen molar-refractivity contribution in [2.45, 2.75) is 158 Å². The zero-order valence-electron chi connectivity index (χ0n) is 32.7. The number of hydrogen-bond donors (Lipinski definition) is 0. The van der Waals surface area contributed by atoms with Crippen LogP contribution in [0.3, 0.4) is 0 Å². The van der Waals surface area contributed by atoms with Gasteiger partial charge in [-0.2, -0.15) is 0 Å². The molecular formula is C40H76N4O4. The fourth-order valence-electron chi connectivity index (χ4n) is 7.26. The molecule has 0 radical (unpaired) electrons. The largest absolute Gasteiger partial charge is 0.343 e. The van der Waals surface area contributed by atoms with Crippen molar-refractivity contribution in [1.82, 2.24) is 19.6 Å². The second-order valence-corrected chi connectivity index (χ2v) is 14.3. The smallest absolute Gasteiger partial charge is 0.222 e. The van der Waals surface area contributed by atoms with Crippen molar-refractivity contribution >= 4 is 23.6 Å². The first-order valence-corrected chi connectivity index (χ1v) is 20.2. The molecule has 0 N–H and O–H groups in total. The van der Waals surface area contributed by atoms with Gasteiger partial charge in [0.1, 0.15) is 0 Å². The van der Waals surface area contributed by atoms with E-state index in [-0.39, 0.29) is 0 Å². The molecule has 4 aliphatic heterocycles. The van der Waals surface area contributed by atoms with Crippen LogP contribution in [0.2, 0.25) is 0 Å². The molecular weight excluding hydrogens is 600 g/mol. The van der Waals surface area contributed by atoms with E-state index < -0.39 is 0 Å². The highest BCUT2D eigenvalue weighted by atomic mass is 16.2.